The molecule has 2 aromatic rings. The molecule has 0 bridgehead atoms. The molecule has 2 heterocycles. The van der Waals surface area contributed by atoms with E-state index in [1.807, 2.05) is 18.2 Å². The van der Waals surface area contributed by atoms with Crippen molar-refractivity contribution < 1.29 is 14.5 Å². The van der Waals surface area contributed by atoms with Crippen LogP contribution in [0, 0.1) is 24.0 Å². The zero-order valence-electron chi connectivity index (χ0n) is 16.5. The van der Waals surface area contributed by atoms with Crippen LogP contribution in [0.4, 0.5) is 5.69 Å². The first kappa shape index (κ1) is 21.1. The van der Waals surface area contributed by atoms with Gasteiger partial charge in [-0.25, -0.2) is 0 Å². The SMILES string of the molecule is Cc1nn(CC(=O)N2CCN(CCOc3ccccc3Cl)CC2)c(C)c1[N+](=O)[O-]. The van der Waals surface area contributed by atoms with Gasteiger partial charge in [0.15, 0.2) is 0 Å². The Morgan fingerprint density at radius 2 is 1.93 bits per heavy atom. The van der Waals surface area contributed by atoms with Gasteiger partial charge in [0.2, 0.25) is 5.91 Å². The number of para-hydroxylation sites is 1. The maximum Gasteiger partial charge on any atom is 0.312 e. The van der Waals surface area contributed by atoms with Crippen LogP contribution in [-0.4, -0.2) is 69.7 Å². The van der Waals surface area contributed by atoms with E-state index in [4.69, 9.17) is 16.3 Å². The van der Waals surface area contributed by atoms with Crippen LogP contribution >= 0.6 is 11.6 Å². The molecule has 1 saturated heterocycles. The summed E-state index contributed by atoms with van der Waals surface area (Å²) in [6.07, 6.45) is 0. The van der Waals surface area contributed by atoms with Gasteiger partial charge < -0.3 is 9.64 Å². The second-order valence-corrected chi connectivity index (χ2v) is 7.34. The quantitative estimate of drug-likeness (QED) is 0.503. The number of nitro groups is 1. The van der Waals surface area contributed by atoms with Crippen LogP contribution in [0.5, 0.6) is 5.75 Å². The third kappa shape index (κ3) is 5.04. The molecular formula is C19H24ClN5O4. The van der Waals surface area contributed by atoms with Crippen molar-refractivity contribution in [3.05, 3.63) is 50.8 Å². The lowest BCUT2D eigenvalue weighted by Gasteiger charge is -2.34. The molecule has 9 nitrogen and oxygen atoms in total. The lowest BCUT2D eigenvalue weighted by atomic mass is 10.3. The molecule has 1 fully saturated rings. The predicted octanol–water partition coefficient (Wildman–Crippen LogP) is 2.28. The lowest BCUT2D eigenvalue weighted by molar-refractivity contribution is -0.386. The Balaban J connectivity index is 1.46. The topological polar surface area (TPSA) is 93.7 Å². The van der Waals surface area contributed by atoms with Gasteiger partial charge in [0.1, 0.15) is 30.3 Å². The van der Waals surface area contributed by atoms with Gasteiger partial charge in [0, 0.05) is 32.7 Å². The van der Waals surface area contributed by atoms with Crippen molar-refractivity contribution >= 4 is 23.2 Å². The first-order valence-electron chi connectivity index (χ1n) is 9.42. The van der Waals surface area contributed by atoms with Gasteiger partial charge in [0.05, 0.1) is 9.95 Å². The van der Waals surface area contributed by atoms with Crippen molar-refractivity contribution in [2.24, 2.45) is 0 Å². The van der Waals surface area contributed by atoms with E-state index in [0.717, 1.165) is 19.6 Å². The summed E-state index contributed by atoms with van der Waals surface area (Å²) in [5.41, 5.74) is 0.695. The zero-order valence-corrected chi connectivity index (χ0v) is 17.3. The Morgan fingerprint density at radius 1 is 1.24 bits per heavy atom. The summed E-state index contributed by atoms with van der Waals surface area (Å²) in [7, 11) is 0. The Hall–Kier alpha value is -2.65. The second kappa shape index (κ2) is 9.23. The number of carbonyl (C=O) groups is 1. The lowest BCUT2D eigenvalue weighted by Crippen LogP contribution is -2.50. The summed E-state index contributed by atoms with van der Waals surface area (Å²) in [5, 5.41) is 15.8. The summed E-state index contributed by atoms with van der Waals surface area (Å²) >= 11 is 6.08. The van der Waals surface area contributed by atoms with E-state index in [2.05, 4.69) is 10.00 Å². The number of hydrogen-bond donors (Lipinski definition) is 0. The fourth-order valence-corrected chi connectivity index (χ4v) is 3.59. The fraction of sp³-hybridized carbons (Fsp3) is 0.474. The Bertz CT molecular complexity index is 893. The summed E-state index contributed by atoms with van der Waals surface area (Å²) in [6.45, 7) is 7.17. The Labute approximate surface area is 173 Å². The van der Waals surface area contributed by atoms with Crippen LogP contribution in [-0.2, 0) is 11.3 Å². The highest BCUT2D eigenvalue weighted by Crippen LogP contribution is 2.23. The smallest absolute Gasteiger partial charge is 0.312 e. The number of amides is 1. The second-order valence-electron chi connectivity index (χ2n) is 6.94. The molecule has 156 valence electrons. The van der Waals surface area contributed by atoms with E-state index in [0.29, 0.717) is 41.9 Å². The minimum Gasteiger partial charge on any atom is -0.491 e. The molecule has 0 unspecified atom stereocenters. The van der Waals surface area contributed by atoms with Crippen molar-refractivity contribution in [2.75, 3.05) is 39.3 Å². The van der Waals surface area contributed by atoms with Crippen LogP contribution in [0.15, 0.2) is 24.3 Å². The predicted molar refractivity (Wildman–Crippen MR) is 108 cm³/mol. The van der Waals surface area contributed by atoms with Crippen molar-refractivity contribution in [3.8, 4) is 5.75 Å². The number of carbonyl (C=O) groups excluding carboxylic acids is 1. The Morgan fingerprint density at radius 3 is 2.55 bits per heavy atom. The first-order valence-corrected chi connectivity index (χ1v) is 9.80. The molecule has 0 N–H and O–H groups in total. The molecule has 10 heteroatoms. The molecule has 1 aromatic carbocycles. The number of aryl methyl sites for hydroxylation is 1. The average molecular weight is 422 g/mol. The van der Waals surface area contributed by atoms with Crippen molar-refractivity contribution in [3.63, 3.8) is 0 Å². The molecule has 1 aliphatic heterocycles. The maximum atomic E-state index is 12.6. The summed E-state index contributed by atoms with van der Waals surface area (Å²) < 4.78 is 7.13. The molecule has 0 saturated carbocycles. The normalized spacial score (nSPS) is 14.8. The minimum atomic E-state index is -0.456. The van der Waals surface area contributed by atoms with E-state index in [-0.39, 0.29) is 18.1 Å². The van der Waals surface area contributed by atoms with E-state index < -0.39 is 4.92 Å². The van der Waals surface area contributed by atoms with Gasteiger partial charge in [-0.1, -0.05) is 23.7 Å². The van der Waals surface area contributed by atoms with E-state index in [1.165, 1.54) is 4.68 Å². The number of hydrogen-bond acceptors (Lipinski definition) is 6. The fourth-order valence-electron chi connectivity index (χ4n) is 3.40. The van der Waals surface area contributed by atoms with E-state index >= 15 is 0 Å². The highest BCUT2D eigenvalue weighted by Gasteiger charge is 2.26. The third-order valence-electron chi connectivity index (χ3n) is 5.04. The molecule has 0 aliphatic carbocycles. The van der Waals surface area contributed by atoms with Crippen LogP contribution in [0.25, 0.3) is 0 Å². The average Bonchev–Trinajstić information content (AvgIpc) is 2.97. The first-order chi connectivity index (χ1) is 13.9. The maximum absolute atomic E-state index is 12.6. The molecule has 1 amide bonds. The van der Waals surface area contributed by atoms with Crippen LogP contribution in [0.3, 0.4) is 0 Å². The molecule has 1 aliphatic rings. The molecule has 1 aromatic heterocycles. The number of ether oxygens (including phenoxy) is 1. The highest BCUT2D eigenvalue weighted by atomic mass is 35.5. The van der Waals surface area contributed by atoms with Crippen LogP contribution in [0.2, 0.25) is 5.02 Å². The number of nitrogens with zero attached hydrogens (tertiary/aromatic N) is 5. The third-order valence-corrected chi connectivity index (χ3v) is 5.35. The van der Waals surface area contributed by atoms with Crippen molar-refractivity contribution in [2.45, 2.75) is 20.4 Å². The molecule has 3 rings (SSSR count). The van der Waals surface area contributed by atoms with E-state index in [9.17, 15) is 14.9 Å². The van der Waals surface area contributed by atoms with Gasteiger partial charge >= 0.3 is 5.69 Å². The van der Waals surface area contributed by atoms with Gasteiger partial charge in [-0.2, -0.15) is 5.10 Å². The van der Waals surface area contributed by atoms with Crippen molar-refractivity contribution in [1.82, 2.24) is 19.6 Å². The summed E-state index contributed by atoms with van der Waals surface area (Å²) in [5.74, 6) is 0.583. The highest BCUT2D eigenvalue weighted by molar-refractivity contribution is 6.32. The van der Waals surface area contributed by atoms with Crippen LogP contribution < -0.4 is 4.74 Å². The summed E-state index contributed by atoms with van der Waals surface area (Å²) in [4.78, 5) is 27.2. The van der Waals surface area contributed by atoms with Gasteiger partial charge in [-0.15, -0.1) is 0 Å². The molecule has 0 atom stereocenters. The molecular weight excluding hydrogens is 398 g/mol. The van der Waals surface area contributed by atoms with Gasteiger partial charge in [0.25, 0.3) is 0 Å². The van der Waals surface area contributed by atoms with Crippen LogP contribution in [0.1, 0.15) is 11.4 Å². The monoisotopic (exact) mass is 421 g/mol. The number of piperazine rings is 1. The molecule has 0 spiro atoms. The van der Waals surface area contributed by atoms with Gasteiger partial charge in [-0.3, -0.25) is 24.5 Å². The number of aromatic nitrogens is 2. The standard InChI is InChI=1S/C19H24ClN5O4/c1-14-19(25(27)28)15(2)24(21-14)13-18(26)23-9-7-22(8-10-23)11-12-29-17-6-4-3-5-16(17)20/h3-6H,7-13H2,1-2H3. The summed E-state index contributed by atoms with van der Waals surface area (Å²) in [6, 6.07) is 7.36. The largest absolute Gasteiger partial charge is 0.491 e. The number of halogens is 1. The minimum absolute atomic E-state index is 0.0101. The molecule has 29 heavy (non-hydrogen) atoms. The number of rotatable bonds is 7. The molecule has 0 radical (unpaired) electrons. The zero-order chi connectivity index (χ0) is 21.0. The van der Waals surface area contributed by atoms with Gasteiger partial charge in [-0.05, 0) is 26.0 Å². The Kier molecular flexibility index (Phi) is 6.71. The van der Waals surface area contributed by atoms with Crippen molar-refractivity contribution in [1.29, 1.82) is 0 Å². The number of benzene rings is 1. The van der Waals surface area contributed by atoms with E-state index in [1.54, 1.807) is 24.8 Å².